The zero-order valence-corrected chi connectivity index (χ0v) is 11.0. The normalized spacial score (nSPS) is 14.6. The second-order valence-electron chi connectivity index (χ2n) is 4.60. The van der Waals surface area contributed by atoms with Gasteiger partial charge in [0.05, 0.1) is 7.11 Å². The Balaban J connectivity index is 2.29. The SMILES string of the molecule is COC(=O)c1cc2c(cc1O)CN(C(=O)C(F)(F)F)CC2. The Labute approximate surface area is 117 Å². The van der Waals surface area contributed by atoms with Crippen molar-refractivity contribution in [3.8, 4) is 5.75 Å². The molecule has 0 aromatic heterocycles. The molecule has 0 aliphatic carbocycles. The molecule has 5 nitrogen and oxygen atoms in total. The number of hydrogen-bond acceptors (Lipinski definition) is 4. The molecule has 1 N–H and O–H groups in total. The minimum absolute atomic E-state index is 0.0492. The molecular formula is C13H12F3NO4. The second kappa shape index (κ2) is 5.27. The summed E-state index contributed by atoms with van der Waals surface area (Å²) in [6.07, 6.45) is -4.76. The summed E-state index contributed by atoms with van der Waals surface area (Å²) in [4.78, 5) is 23.3. The highest BCUT2D eigenvalue weighted by Gasteiger charge is 2.43. The average molecular weight is 303 g/mol. The Morgan fingerprint density at radius 1 is 1.29 bits per heavy atom. The van der Waals surface area contributed by atoms with Crippen molar-refractivity contribution in [2.45, 2.75) is 19.1 Å². The van der Waals surface area contributed by atoms with Gasteiger partial charge in [-0.15, -0.1) is 0 Å². The van der Waals surface area contributed by atoms with Crippen molar-refractivity contribution in [3.63, 3.8) is 0 Å². The zero-order chi connectivity index (χ0) is 15.8. The number of benzene rings is 1. The standard InChI is InChI=1S/C13H12F3NO4/c1-21-11(19)9-4-7-2-3-17(12(20)13(14,15)16)6-8(7)5-10(9)18/h4-5,18H,2-3,6H2,1H3. The van der Waals surface area contributed by atoms with Gasteiger partial charge in [-0.1, -0.05) is 0 Å². The number of carbonyl (C=O) groups excluding carboxylic acids is 2. The Kier molecular flexibility index (Phi) is 3.80. The van der Waals surface area contributed by atoms with Crippen molar-refractivity contribution >= 4 is 11.9 Å². The summed E-state index contributed by atoms with van der Waals surface area (Å²) < 4.78 is 41.7. The lowest BCUT2D eigenvalue weighted by Crippen LogP contribution is -2.43. The minimum Gasteiger partial charge on any atom is -0.507 e. The van der Waals surface area contributed by atoms with Gasteiger partial charge in [0.25, 0.3) is 0 Å². The van der Waals surface area contributed by atoms with Crippen LogP contribution in [0.2, 0.25) is 0 Å². The minimum atomic E-state index is -4.93. The van der Waals surface area contributed by atoms with Gasteiger partial charge in [-0.2, -0.15) is 13.2 Å². The molecule has 1 aliphatic heterocycles. The lowest BCUT2D eigenvalue weighted by atomic mass is 9.96. The Morgan fingerprint density at radius 3 is 2.52 bits per heavy atom. The van der Waals surface area contributed by atoms with Crippen molar-refractivity contribution in [1.82, 2.24) is 4.90 Å². The van der Waals surface area contributed by atoms with Crippen LogP contribution in [0.3, 0.4) is 0 Å². The molecule has 0 bridgehead atoms. The number of ether oxygens (including phenoxy) is 1. The van der Waals surface area contributed by atoms with Gasteiger partial charge in [0.1, 0.15) is 11.3 Å². The molecule has 1 aromatic rings. The number of esters is 1. The molecule has 0 fully saturated rings. The average Bonchev–Trinajstić information content (AvgIpc) is 2.43. The maximum atomic E-state index is 12.4. The largest absolute Gasteiger partial charge is 0.507 e. The van der Waals surface area contributed by atoms with Crippen molar-refractivity contribution in [3.05, 3.63) is 28.8 Å². The first kappa shape index (κ1) is 15.1. The number of halogens is 3. The van der Waals surface area contributed by atoms with Crippen molar-refractivity contribution in [1.29, 1.82) is 0 Å². The lowest BCUT2D eigenvalue weighted by molar-refractivity contribution is -0.186. The van der Waals surface area contributed by atoms with Crippen LogP contribution in [-0.2, 0) is 22.5 Å². The van der Waals surface area contributed by atoms with Gasteiger partial charge in [-0.3, -0.25) is 4.79 Å². The van der Waals surface area contributed by atoms with E-state index in [4.69, 9.17) is 0 Å². The number of alkyl halides is 3. The van der Waals surface area contributed by atoms with Crippen LogP contribution in [0.25, 0.3) is 0 Å². The Hall–Kier alpha value is -2.25. The monoisotopic (exact) mass is 303 g/mol. The van der Waals surface area contributed by atoms with Gasteiger partial charge in [-0.25, -0.2) is 4.79 Å². The molecule has 0 spiro atoms. The summed E-state index contributed by atoms with van der Waals surface area (Å²) >= 11 is 0. The first-order valence-corrected chi connectivity index (χ1v) is 6.03. The number of nitrogens with zero attached hydrogens (tertiary/aromatic N) is 1. The molecule has 0 radical (unpaired) electrons. The first-order valence-electron chi connectivity index (χ1n) is 6.03. The van der Waals surface area contributed by atoms with E-state index in [-0.39, 0.29) is 30.8 Å². The highest BCUT2D eigenvalue weighted by molar-refractivity contribution is 5.92. The van der Waals surface area contributed by atoms with Crippen LogP contribution in [0.1, 0.15) is 21.5 Å². The third-order valence-electron chi connectivity index (χ3n) is 3.27. The predicted octanol–water partition coefficient (Wildman–Crippen LogP) is 1.63. The molecule has 0 saturated carbocycles. The molecule has 1 aliphatic rings. The molecule has 0 saturated heterocycles. The van der Waals surface area contributed by atoms with E-state index in [9.17, 15) is 27.9 Å². The number of amides is 1. The first-order chi connectivity index (χ1) is 9.74. The van der Waals surface area contributed by atoms with Gasteiger partial charge < -0.3 is 14.7 Å². The quantitative estimate of drug-likeness (QED) is 0.801. The van der Waals surface area contributed by atoms with Crippen molar-refractivity contribution in [2.75, 3.05) is 13.7 Å². The molecule has 0 atom stereocenters. The van der Waals surface area contributed by atoms with E-state index < -0.39 is 18.1 Å². The van der Waals surface area contributed by atoms with E-state index in [1.165, 1.54) is 12.1 Å². The summed E-state index contributed by atoms with van der Waals surface area (Å²) in [6.45, 7) is -0.362. The van der Waals surface area contributed by atoms with Gasteiger partial charge in [-0.05, 0) is 29.7 Å². The summed E-state index contributed by atoms with van der Waals surface area (Å²) in [6, 6.07) is 2.57. The molecule has 1 amide bonds. The Bertz CT molecular complexity index is 598. The van der Waals surface area contributed by atoms with Crippen molar-refractivity contribution < 1.29 is 32.6 Å². The van der Waals surface area contributed by atoms with Crippen LogP contribution in [0.15, 0.2) is 12.1 Å². The fourth-order valence-electron chi connectivity index (χ4n) is 2.22. The fraction of sp³-hybridized carbons (Fsp3) is 0.385. The zero-order valence-electron chi connectivity index (χ0n) is 11.0. The van der Waals surface area contributed by atoms with E-state index in [2.05, 4.69) is 4.74 Å². The second-order valence-corrected chi connectivity index (χ2v) is 4.60. The van der Waals surface area contributed by atoms with Crippen LogP contribution >= 0.6 is 0 Å². The lowest BCUT2D eigenvalue weighted by Gasteiger charge is -2.29. The fourth-order valence-corrected chi connectivity index (χ4v) is 2.22. The third-order valence-corrected chi connectivity index (χ3v) is 3.27. The molecule has 114 valence electrons. The van der Waals surface area contributed by atoms with Gasteiger partial charge >= 0.3 is 18.1 Å². The number of phenolic OH excluding ortho intramolecular Hbond substituents is 1. The molecular weight excluding hydrogens is 291 g/mol. The number of rotatable bonds is 1. The third kappa shape index (κ3) is 2.93. The number of phenols is 1. The highest BCUT2D eigenvalue weighted by Crippen LogP contribution is 2.29. The summed E-state index contributed by atoms with van der Waals surface area (Å²) in [7, 11) is 1.16. The Morgan fingerprint density at radius 2 is 1.95 bits per heavy atom. The van der Waals surface area contributed by atoms with Crippen LogP contribution in [0.4, 0.5) is 13.2 Å². The van der Waals surface area contributed by atoms with Crippen LogP contribution in [-0.4, -0.2) is 41.7 Å². The molecule has 1 heterocycles. The maximum absolute atomic E-state index is 12.4. The van der Waals surface area contributed by atoms with Crippen LogP contribution < -0.4 is 0 Å². The predicted molar refractivity (Wildman–Crippen MR) is 64.6 cm³/mol. The van der Waals surface area contributed by atoms with Crippen LogP contribution in [0.5, 0.6) is 5.75 Å². The summed E-state index contributed by atoms with van der Waals surface area (Å²) in [5, 5.41) is 9.73. The molecule has 21 heavy (non-hydrogen) atoms. The molecule has 0 unspecified atom stereocenters. The molecule has 2 rings (SSSR count). The van der Waals surface area contributed by atoms with Gasteiger partial charge in [0.15, 0.2) is 0 Å². The number of fused-ring (bicyclic) bond motifs is 1. The van der Waals surface area contributed by atoms with E-state index in [0.29, 0.717) is 16.0 Å². The van der Waals surface area contributed by atoms with Crippen LogP contribution in [0, 0.1) is 0 Å². The molecule has 1 aromatic carbocycles. The van der Waals surface area contributed by atoms with E-state index >= 15 is 0 Å². The highest BCUT2D eigenvalue weighted by atomic mass is 19.4. The smallest absolute Gasteiger partial charge is 0.471 e. The maximum Gasteiger partial charge on any atom is 0.471 e. The summed E-state index contributed by atoms with van der Waals surface area (Å²) in [5.41, 5.74) is 0.940. The van der Waals surface area contributed by atoms with Gasteiger partial charge in [0.2, 0.25) is 0 Å². The van der Waals surface area contributed by atoms with Crippen molar-refractivity contribution in [2.24, 2.45) is 0 Å². The van der Waals surface area contributed by atoms with E-state index in [1.807, 2.05) is 0 Å². The number of carbonyl (C=O) groups is 2. The number of methoxy groups -OCH3 is 1. The molecule has 8 heteroatoms. The van der Waals surface area contributed by atoms with E-state index in [1.54, 1.807) is 0 Å². The van der Waals surface area contributed by atoms with Gasteiger partial charge in [0, 0.05) is 13.1 Å². The van der Waals surface area contributed by atoms with E-state index in [0.717, 1.165) is 7.11 Å². The summed E-state index contributed by atoms with van der Waals surface area (Å²) in [5.74, 6) is -3.03. The topological polar surface area (TPSA) is 66.8 Å². The number of hydrogen-bond donors (Lipinski definition) is 1. The number of aromatic hydroxyl groups is 1.